The molecule has 0 aromatic carbocycles. The molecule has 0 saturated heterocycles. The molecule has 11 heavy (non-hydrogen) atoms. The third kappa shape index (κ3) is 7.78. The van der Waals surface area contributed by atoms with E-state index in [-0.39, 0.29) is 5.97 Å². The Labute approximate surface area is 74.2 Å². The van der Waals surface area contributed by atoms with E-state index in [9.17, 15) is 9.18 Å². The zero-order chi connectivity index (χ0) is 8.69. The fourth-order valence-corrected chi connectivity index (χ4v) is 0.922. The standard InChI is InChI=1S/C7H12BrFO2/c1-6(10)11-4-2-3-7(9)5-8/h7H,2-5H2,1H3/t7-/m0/s1. The second kappa shape index (κ2) is 6.58. The number of esters is 1. The van der Waals surface area contributed by atoms with Gasteiger partial charge in [-0.05, 0) is 12.8 Å². The summed E-state index contributed by atoms with van der Waals surface area (Å²) in [4.78, 5) is 10.2. The summed E-state index contributed by atoms with van der Waals surface area (Å²) in [6.45, 7) is 1.67. The van der Waals surface area contributed by atoms with Gasteiger partial charge in [0.1, 0.15) is 6.17 Å². The molecule has 0 aliphatic carbocycles. The van der Waals surface area contributed by atoms with Crippen LogP contribution in [0.5, 0.6) is 0 Å². The summed E-state index contributed by atoms with van der Waals surface area (Å²) < 4.78 is 17.1. The van der Waals surface area contributed by atoms with E-state index in [2.05, 4.69) is 20.7 Å². The molecule has 2 nitrogen and oxygen atoms in total. The van der Waals surface area contributed by atoms with E-state index >= 15 is 0 Å². The summed E-state index contributed by atoms with van der Waals surface area (Å²) >= 11 is 3.01. The number of halogens is 2. The van der Waals surface area contributed by atoms with Crippen LogP contribution in [0.25, 0.3) is 0 Å². The molecule has 0 aromatic heterocycles. The van der Waals surface area contributed by atoms with Crippen molar-refractivity contribution >= 4 is 21.9 Å². The van der Waals surface area contributed by atoms with Crippen LogP contribution in [-0.4, -0.2) is 24.1 Å². The SMILES string of the molecule is CC(=O)OCCC[C@H](F)CBr. The van der Waals surface area contributed by atoms with Crippen molar-refractivity contribution in [3.63, 3.8) is 0 Å². The number of carbonyl (C=O) groups is 1. The molecule has 0 saturated carbocycles. The molecule has 0 unspecified atom stereocenters. The quantitative estimate of drug-likeness (QED) is 0.408. The lowest BCUT2D eigenvalue weighted by Gasteiger charge is -2.03. The second-order valence-corrected chi connectivity index (χ2v) is 2.88. The first-order valence-electron chi connectivity index (χ1n) is 3.50. The predicted molar refractivity (Wildman–Crippen MR) is 44.6 cm³/mol. The summed E-state index contributed by atoms with van der Waals surface area (Å²) in [5, 5.41) is 0.354. The van der Waals surface area contributed by atoms with Crippen molar-refractivity contribution in [1.29, 1.82) is 0 Å². The Morgan fingerprint density at radius 3 is 2.82 bits per heavy atom. The number of hydrogen-bond donors (Lipinski definition) is 0. The van der Waals surface area contributed by atoms with Crippen LogP contribution in [0, 0.1) is 0 Å². The molecule has 0 N–H and O–H groups in total. The number of rotatable bonds is 5. The van der Waals surface area contributed by atoms with Crippen LogP contribution in [0.15, 0.2) is 0 Å². The molecular weight excluding hydrogens is 215 g/mol. The van der Waals surface area contributed by atoms with Crippen molar-refractivity contribution in [1.82, 2.24) is 0 Å². The van der Waals surface area contributed by atoms with Gasteiger partial charge in [-0.25, -0.2) is 4.39 Å². The summed E-state index contributed by atoms with van der Waals surface area (Å²) in [6, 6.07) is 0. The minimum atomic E-state index is -0.828. The third-order valence-electron chi connectivity index (χ3n) is 1.13. The lowest BCUT2D eigenvalue weighted by molar-refractivity contribution is -0.141. The fraction of sp³-hybridized carbons (Fsp3) is 0.857. The van der Waals surface area contributed by atoms with Gasteiger partial charge in [0.15, 0.2) is 0 Å². The number of alkyl halides is 2. The van der Waals surface area contributed by atoms with E-state index < -0.39 is 6.17 Å². The van der Waals surface area contributed by atoms with Gasteiger partial charge in [-0.1, -0.05) is 15.9 Å². The Balaban J connectivity index is 3.08. The molecule has 0 aliphatic heterocycles. The Morgan fingerprint density at radius 1 is 1.73 bits per heavy atom. The molecular formula is C7H12BrFO2. The van der Waals surface area contributed by atoms with Gasteiger partial charge in [0.2, 0.25) is 0 Å². The van der Waals surface area contributed by atoms with E-state index in [1.807, 2.05) is 0 Å². The molecule has 0 spiro atoms. The van der Waals surface area contributed by atoms with Gasteiger partial charge in [-0.3, -0.25) is 4.79 Å². The maximum Gasteiger partial charge on any atom is 0.302 e. The average Bonchev–Trinajstić information content (AvgIpc) is 1.97. The van der Waals surface area contributed by atoms with E-state index in [1.165, 1.54) is 6.92 Å². The number of hydrogen-bond acceptors (Lipinski definition) is 2. The van der Waals surface area contributed by atoms with Crippen molar-refractivity contribution in [2.75, 3.05) is 11.9 Å². The molecule has 0 aliphatic rings. The summed E-state index contributed by atoms with van der Waals surface area (Å²) in [5.74, 6) is -0.306. The van der Waals surface area contributed by atoms with E-state index in [0.29, 0.717) is 24.8 Å². The molecule has 66 valence electrons. The maximum atomic E-state index is 12.5. The van der Waals surface area contributed by atoms with Crippen LogP contribution in [0.4, 0.5) is 4.39 Å². The second-order valence-electron chi connectivity index (χ2n) is 2.23. The normalized spacial score (nSPS) is 12.6. The van der Waals surface area contributed by atoms with E-state index in [0.717, 1.165) is 0 Å². The van der Waals surface area contributed by atoms with Crippen LogP contribution in [0.1, 0.15) is 19.8 Å². The van der Waals surface area contributed by atoms with Gasteiger partial charge >= 0.3 is 5.97 Å². The summed E-state index contributed by atoms with van der Waals surface area (Å²) in [6.07, 6.45) is 0.204. The zero-order valence-electron chi connectivity index (χ0n) is 6.48. The zero-order valence-corrected chi connectivity index (χ0v) is 8.06. The summed E-state index contributed by atoms with van der Waals surface area (Å²) in [7, 11) is 0. The predicted octanol–water partition coefficient (Wildman–Crippen LogP) is 2.06. The Hall–Kier alpha value is -0.120. The highest BCUT2D eigenvalue weighted by atomic mass is 79.9. The Kier molecular flexibility index (Phi) is 6.51. The van der Waals surface area contributed by atoms with Crippen molar-refractivity contribution in [3.05, 3.63) is 0 Å². The highest BCUT2D eigenvalue weighted by Gasteiger charge is 2.03. The average molecular weight is 227 g/mol. The van der Waals surface area contributed by atoms with Crippen molar-refractivity contribution < 1.29 is 13.9 Å². The minimum absolute atomic E-state index is 0.306. The number of carbonyl (C=O) groups excluding carboxylic acids is 1. The lowest BCUT2D eigenvalue weighted by atomic mass is 10.2. The molecule has 0 rings (SSSR count). The Bertz CT molecular complexity index is 119. The highest BCUT2D eigenvalue weighted by molar-refractivity contribution is 9.09. The minimum Gasteiger partial charge on any atom is -0.466 e. The largest absolute Gasteiger partial charge is 0.466 e. The first-order valence-corrected chi connectivity index (χ1v) is 4.62. The smallest absolute Gasteiger partial charge is 0.302 e. The molecule has 4 heteroatoms. The van der Waals surface area contributed by atoms with Crippen LogP contribution in [0.2, 0.25) is 0 Å². The Morgan fingerprint density at radius 2 is 2.36 bits per heavy atom. The van der Waals surface area contributed by atoms with Crippen molar-refractivity contribution in [3.8, 4) is 0 Å². The van der Waals surface area contributed by atoms with Crippen LogP contribution >= 0.6 is 15.9 Å². The van der Waals surface area contributed by atoms with Crippen molar-refractivity contribution in [2.45, 2.75) is 25.9 Å². The lowest BCUT2D eigenvalue weighted by Crippen LogP contribution is -2.05. The van der Waals surface area contributed by atoms with Crippen molar-refractivity contribution in [2.24, 2.45) is 0 Å². The molecule has 0 bridgehead atoms. The van der Waals surface area contributed by atoms with Crippen LogP contribution < -0.4 is 0 Å². The third-order valence-corrected chi connectivity index (χ3v) is 1.84. The maximum absolute atomic E-state index is 12.5. The monoisotopic (exact) mass is 226 g/mol. The van der Waals surface area contributed by atoms with Gasteiger partial charge < -0.3 is 4.74 Å². The van der Waals surface area contributed by atoms with E-state index in [1.54, 1.807) is 0 Å². The van der Waals surface area contributed by atoms with Gasteiger partial charge in [-0.2, -0.15) is 0 Å². The van der Waals surface area contributed by atoms with Gasteiger partial charge in [0, 0.05) is 12.3 Å². The molecule has 0 radical (unpaired) electrons. The topological polar surface area (TPSA) is 26.3 Å². The highest BCUT2D eigenvalue weighted by Crippen LogP contribution is 2.04. The van der Waals surface area contributed by atoms with E-state index in [4.69, 9.17) is 0 Å². The molecule has 0 fully saturated rings. The molecule has 1 atom stereocenters. The first kappa shape index (κ1) is 10.9. The molecule has 0 aromatic rings. The van der Waals surface area contributed by atoms with Gasteiger partial charge in [0.05, 0.1) is 6.61 Å². The number of ether oxygens (including phenoxy) is 1. The molecule has 0 amide bonds. The fourth-order valence-electron chi connectivity index (χ4n) is 0.598. The van der Waals surface area contributed by atoms with Crippen LogP contribution in [-0.2, 0) is 9.53 Å². The van der Waals surface area contributed by atoms with Gasteiger partial charge in [0.25, 0.3) is 0 Å². The summed E-state index contributed by atoms with van der Waals surface area (Å²) in [5.41, 5.74) is 0. The van der Waals surface area contributed by atoms with Crippen LogP contribution in [0.3, 0.4) is 0 Å². The van der Waals surface area contributed by atoms with Gasteiger partial charge in [-0.15, -0.1) is 0 Å². The first-order chi connectivity index (χ1) is 5.16. The molecule has 0 heterocycles.